The van der Waals surface area contributed by atoms with Crippen molar-refractivity contribution in [2.24, 2.45) is 17.3 Å². The summed E-state index contributed by atoms with van der Waals surface area (Å²) in [5.41, 5.74) is -0.896. The Morgan fingerprint density at radius 3 is 2.15 bits per heavy atom. The normalized spacial score (nSPS) is 27.5. The van der Waals surface area contributed by atoms with Gasteiger partial charge in [0.2, 0.25) is 5.91 Å². The second-order valence-electron chi connectivity index (χ2n) is 7.16. The summed E-state index contributed by atoms with van der Waals surface area (Å²) in [5.74, 6) is -2.02. The number of aliphatic carboxylic acids is 1. The Hall–Kier alpha value is -0.883. The molecule has 0 spiro atoms. The van der Waals surface area contributed by atoms with Crippen LogP contribution in [0.1, 0.15) is 34.6 Å². The van der Waals surface area contributed by atoms with Gasteiger partial charge in [0, 0.05) is 0 Å². The number of β-lactam (4-membered cyclic amide) rings is 1. The van der Waals surface area contributed by atoms with Crippen LogP contribution in [0.2, 0.25) is 13.1 Å². The molecule has 0 aromatic carbocycles. The minimum Gasteiger partial charge on any atom is -0.481 e. The zero-order valence-electron chi connectivity index (χ0n) is 13.5. The highest BCUT2D eigenvalue weighted by molar-refractivity contribution is 6.48. The van der Waals surface area contributed by atoms with Gasteiger partial charge in [0.25, 0.3) is 0 Å². The highest BCUT2D eigenvalue weighted by Crippen LogP contribution is 2.45. The SMILES string of the molecule is C[C@@H](C(=O)O)[C@H]1NC(=O)[C@@H]1[C@@](C)(O[SiH](C)C)C(C)(C)C. The Morgan fingerprint density at radius 1 is 1.35 bits per heavy atom. The second kappa shape index (κ2) is 5.48. The number of carbonyl (C=O) groups is 2. The predicted molar refractivity (Wildman–Crippen MR) is 80.0 cm³/mol. The van der Waals surface area contributed by atoms with E-state index in [2.05, 4.69) is 18.4 Å². The molecule has 0 unspecified atom stereocenters. The maximum atomic E-state index is 12.1. The molecule has 1 amide bonds. The average molecular weight is 301 g/mol. The Morgan fingerprint density at radius 2 is 1.85 bits per heavy atom. The molecule has 0 saturated carbocycles. The lowest BCUT2D eigenvalue weighted by Gasteiger charge is -2.55. The fourth-order valence-corrected chi connectivity index (χ4v) is 4.25. The van der Waals surface area contributed by atoms with Crippen molar-refractivity contribution in [3.05, 3.63) is 0 Å². The van der Waals surface area contributed by atoms with Crippen molar-refractivity contribution in [3.8, 4) is 0 Å². The second-order valence-corrected chi connectivity index (χ2v) is 9.50. The van der Waals surface area contributed by atoms with E-state index in [4.69, 9.17) is 4.43 Å². The maximum absolute atomic E-state index is 12.1. The monoisotopic (exact) mass is 301 g/mol. The average Bonchev–Trinajstić information content (AvgIpc) is 2.21. The first-order chi connectivity index (χ1) is 8.91. The third kappa shape index (κ3) is 2.91. The third-order valence-corrected chi connectivity index (χ3v) is 5.40. The summed E-state index contributed by atoms with van der Waals surface area (Å²) < 4.78 is 6.22. The first kappa shape index (κ1) is 17.2. The fraction of sp³-hybridized carbons (Fsp3) is 0.857. The number of carbonyl (C=O) groups excluding carboxylic acids is 1. The molecule has 0 bridgehead atoms. The standard InChI is InChI=1S/C14H27NO4Si/c1-8(12(17)18)10-9(11(16)15-10)14(5,13(2,3)4)19-20(6)7/h8-10,20H,1-7H3,(H,15,16)(H,17,18)/t8-,9-,10-,14-/m1/s1. The van der Waals surface area contributed by atoms with Crippen LogP contribution in [0.4, 0.5) is 0 Å². The van der Waals surface area contributed by atoms with Gasteiger partial charge in [-0.2, -0.15) is 0 Å². The largest absolute Gasteiger partial charge is 0.481 e. The van der Waals surface area contributed by atoms with Gasteiger partial charge in [-0.3, -0.25) is 9.59 Å². The molecule has 0 radical (unpaired) electrons. The van der Waals surface area contributed by atoms with Crippen LogP contribution in [0.3, 0.4) is 0 Å². The molecule has 6 heteroatoms. The Bertz CT molecular complexity index is 404. The van der Waals surface area contributed by atoms with Gasteiger partial charge in [0.1, 0.15) is 0 Å². The molecular formula is C14H27NO4Si. The van der Waals surface area contributed by atoms with Crippen LogP contribution < -0.4 is 5.32 Å². The molecule has 1 saturated heterocycles. The summed E-state index contributed by atoms with van der Waals surface area (Å²) in [7, 11) is -1.37. The Labute approximate surface area is 122 Å². The fourth-order valence-electron chi connectivity index (χ4n) is 2.77. The minimum absolute atomic E-state index is 0.102. The van der Waals surface area contributed by atoms with Crippen LogP contribution in [-0.4, -0.2) is 37.7 Å². The lowest BCUT2D eigenvalue weighted by Crippen LogP contribution is -2.72. The molecule has 5 nitrogen and oxygen atoms in total. The van der Waals surface area contributed by atoms with Crippen molar-refractivity contribution in [1.29, 1.82) is 0 Å². The summed E-state index contributed by atoms with van der Waals surface area (Å²) in [4.78, 5) is 23.3. The van der Waals surface area contributed by atoms with E-state index in [9.17, 15) is 14.7 Å². The van der Waals surface area contributed by atoms with Gasteiger partial charge >= 0.3 is 5.97 Å². The topological polar surface area (TPSA) is 75.6 Å². The summed E-state index contributed by atoms with van der Waals surface area (Å²) in [6, 6.07) is -0.364. The number of rotatable bonds is 5. The van der Waals surface area contributed by atoms with Crippen LogP contribution in [0.15, 0.2) is 0 Å². The number of amides is 1. The van der Waals surface area contributed by atoms with E-state index in [0.29, 0.717) is 0 Å². The van der Waals surface area contributed by atoms with Crippen molar-refractivity contribution in [2.75, 3.05) is 0 Å². The molecule has 1 aliphatic heterocycles. The van der Waals surface area contributed by atoms with E-state index in [1.54, 1.807) is 6.92 Å². The first-order valence-corrected chi connectivity index (χ1v) is 9.91. The molecule has 20 heavy (non-hydrogen) atoms. The Balaban J connectivity index is 3.13. The van der Waals surface area contributed by atoms with Gasteiger partial charge in [-0.1, -0.05) is 20.8 Å². The minimum atomic E-state index is -1.37. The lowest BCUT2D eigenvalue weighted by molar-refractivity contribution is -0.166. The lowest BCUT2D eigenvalue weighted by atomic mass is 9.62. The van der Waals surface area contributed by atoms with Crippen molar-refractivity contribution >= 4 is 20.9 Å². The Kier molecular flexibility index (Phi) is 4.71. The molecule has 0 aliphatic carbocycles. The molecule has 1 heterocycles. The molecular weight excluding hydrogens is 274 g/mol. The molecule has 1 fully saturated rings. The third-order valence-electron chi connectivity index (χ3n) is 4.44. The zero-order valence-corrected chi connectivity index (χ0v) is 14.6. The molecule has 1 rings (SSSR count). The molecule has 2 N–H and O–H groups in total. The number of nitrogens with one attached hydrogen (secondary N) is 1. The molecule has 0 aromatic heterocycles. The summed E-state index contributed by atoms with van der Waals surface area (Å²) in [6.07, 6.45) is 0. The molecule has 0 aromatic rings. The summed E-state index contributed by atoms with van der Waals surface area (Å²) >= 11 is 0. The number of hydrogen-bond acceptors (Lipinski definition) is 3. The van der Waals surface area contributed by atoms with Gasteiger partial charge < -0.3 is 14.8 Å². The molecule has 4 atom stereocenters. The van der Waals surface area contributed by atoms with Gasteiger partial charge in [-0.25, -0.2) is 0 Å². The van der Waals surface area contributed by atoms with Gasteiger partial charge in [-0.15, -0.1) is 0 Å². The first-order valence-electron chi connectivity index (χ1n) is 7.13. The van der Waals surface area contributed by atoms with Crippen molar-refractivity contribution in [1.82, 2.24) is 5.32 Å². The summed E-state index contributed by atoms with van der Waals surface area (Å²) in [6.45, 7) is 13.8. The predicted octanol–water partition coefficient (Wildman–Crippen LogP) is 1.63. The van der Waals surface area contributed by atoms with Crippen LogP contribution in [0.5, 0.6) is 0 Å². The van der Waals surface area contributed by atoms with Crippen molar-refractivity contribution < 1.29 is 19.1 Å². The van der Waals surface area contributed by atoms with Crippen molar-refractivity contribution in [2.45, 2.75) is 59.4 Å². The van der Waals surface area contributed by atoms with E-state index in [1.807, 2.05) is 27.7 Å². The number of hydrogen-bond donors (Lipinski definition) is 2. The molecule has 1 aliphatic rings. The van der Waals surface area contributed by atoms with Crippen LogP contribution in [-0.2, 0) is 14.0 Å². The maximum Gasteiger partial charge on any atom is 0.308 e. The van der Waals surface area contributed by atoms with Gasteiger partial charge in [0.05, 0.1) is 23.5 Å². The van der Waals surface area contributed by atoms with E-state index in [0.717, 1.165) is 0 Å². The number of carboxylic acid groups (broad SMARTS) is 1. The molecule has 116 valence electrons. The highest BCUT2D eigenvalue weighted by atomic mass is 28.3. The zero-order chi connectivity index (χ0) is 15.9. The van der Waals surface area contributed by atoms with Gasteiger partial charge in [0.15, 0.2) is 9.04 Å². The van der Waals surface area contributed by atoms with E-state index < -0.39 is 32.4 Å². The van der Waals surface area contributed by atoms with Gasteiger partial charge in [-0.05, 0) is 32.4 Å². The van der Waals surface area contributed by atoms with Crippen molar-refractivity contribution in [3.63, 3.8) is 0 Å². The quantitative estimate of drug-likeness (QED) is 0.598. The van der Waals surface area contributed by atoms with E-state index in [-0.39, 0.29) is 17.4 Å². The van der Waals surface area contributed by atoms with Crippen LogP contribution in [0.25, 0.3) is 0 Å². The van der Waals surface area contributed by atoms with Crippen LogP contribution >= 0.6 is 0 Å². The smallest absolute Gasteiger partial charge is 0.308 e. The van der Waals surface area contributed by atoms with E-state index >= 15 is 0 Å². The van der Waals surface area contributed by atoms with Crippen LogP contribution in [0, 0.1) is 17.3 Å². The highest BCUT2D eigenvalue weighted by Gasteiger charge is 2.59. The number of carboxylic acids is 1. The van der Waals surface area contributed by atoms with E-state index in [1.165, 1.54) is 0 Å². The summed E-state index contributed by atoms with van der Waals surface area (Å²) in [5, 5.41) is 11.9.